The summed E-state index contributed by atoms with van der Waals surface area (Å²) in [6.07, 6.45) is 3.28. The minimum atomic E-state index is 0.387. The van der Waals surface area contributed by atoms with E-state index in [1.54, 1.807) is 0 Å². The first-order valence-corrected chi connectivity index (χ1v) is 5.72. The first-order chi connectivity index (χ1) is 7.15. The van der Waals surface area contributed by atoms with E-state index < -0.39 is 0 Å². The van der Waals surface area contributed by atoms with Crippen LogP contribution in [-0.4, -0.2) is 5.78 Å². The van der Waals surface area contributed by atoms with Gasteiger partial charge in [0, 0.05) is 12.8 Å². The average molecular weight is 204 g/mol. The molecular weight excluding hydrogens is 184 g/mol. The van der Waals surface area contributed by atoms with E-state index in [0.29, 0.717) is 12.2 Å². The molecule has 0 heterocycles. The van der Waals surface area contributed by atoms with Crippen molar-refractivity contribution in [3.8, 4) is 0 Å². The molecule has 0 spiro atoms. The first-order valence-electron chi connectivity index (χ1n) is 5.72. The Morgan fingerprint density at radius 1 is 1.20 bits per heavy atom. The molecule has 0 atom stereocenters. The lowest BCUT2D eigenvalue weighted by Crippen LogP contribution is -2.01. The number of carbonyl (C=O) groups excluding carboxylic acids is 1. The number of hydrogen-bond acceptors (Lipinski definition) is 1. The van der Waals surface area contributed by atoms with Crippen LogP contribution in [0, 0.1) is 13.8 Å². The summed E-state index contributed by atoms with van der Waals surface area (Å²) < 4.78 is 0. The Balaban J connectivity index is 2.58. The van der Waals surface area contributed by atoms with E-state index in [4.69, 9.17) is 0 Å². The molecule has 1 aromatic carbocycles. The molecule has 0 aliphatic carbocycles. The Morgan fingerprint density at radius 3 is 2.60 bits per heavy atom. The van der Waals surface area contributed by atoms with Crippen LogP contribution < -0.4 is 0 Å². The number of rotatable bonds is 5. The summed E-state index contributed by atoms with van der Waals surface area (Å²) in [5.41, 5.74) is 3.97. The van der Waals surface area contributed by atoms with Crippen molar-refractivity contribution in [1.29, 1.82) is 0 Å². The molecule has 82 valence electrons. The van der Waals surface area contributed by atoms with Gasteiger partial charge in [-0.2, -0.15) is 0 Å². The third kappa shape index (κ3) is 3.50. The molecular formula is C14H20O. The fourth-order valence-corrected chi connectivity index (χ4v) is 1.76. The van der Waals surface area contributed by atoms with Gasteiger partial charge in [-0.25, -0.2) is 0 Å². The van der Waals surface area contributed by atoms with E-state index in [-0.39, 0.29) is 0 Å². The SMILES string of the molecule is CCCC(=O)CCc1cccc(C)c1C. The van der Waals surface area contributed by atoms with Crippen LogP contribution in [0.15, 0.2) is 18.2 Å². The van der Waals surface area contributed by atoms with E-state index in [0.717, 1.165) is 19.3 Å². The molecule has 1 aromatic rings. The minimum Gasteiger partial charge on any atom is -0.300 e. The highest BCUT2D eigenvalue weighted by molar-refractivity contribution is 5.78. The molecule has 1 nitrogen and oxygen atoms in total. The Labute approximate surface area is 92.5 Å². The second kappa shape index (κ2) is 5.69. The molecule has 0 aromatic heterocycles. The normalized spacial score (nSPS) is 10.3. The average Bonchev–Trinajstić information content (AvgIpc) is 2.21. The van der Waals surface area contributed by atoms with Gasteiger partial charge in [-0.1, -0.05) is 25.1 Å². The van der Waals surface area contributed by atoms with Gasteiger partial charge in [-0.15, -0.1) is 0 Å². The highest BCUT2D eigenvalue weighted by Gasteiger charge is 2.04. The molecule has 0 aliphatic heterocycles. The Kier molecular flexibility index (Phi) is 4.54. The van der Waals surface area contributed by atoms with Crippen LogP contribution in [0.25, 0.3) is 0 Å². The monoisotopic (exact) mass is 204 g/mol. The number of carbonyl (C=O) groups is 1. The van der Waals surface area contributed by atoms with Crippen molar-refractivity contribution in [2.24, 2.45) is 0 Å². The number of benzene rings is 1. The van der Waals surface area contributed by atoms with Crippen molar-refractivity contribution in [1.82, 2.24) is 0 Å². The largest absolute Gasteiger partial charge is 0.300 e. The summed E-state index contributed by atoms with van der Waals surface area (Å²) in [6, 6.07) is 6.32. The lowest BCUT2D eigenvalue weighted by Gasteiger charge is -2.07. The number of Topliss-reactive ketones (excluding diaryl/α,β-unsaturated/α-hetero) is 1. The second-order valence-corrected chi connectivity index (χ2v) is 4.15. The second-order valence-electron chi connectivity index (χ2n) is 4.15. The van der Waals surface area contributed by atoms with Crippen molar-refractivity contribution in [3.63, 3.8) is 0 Å². The predicted octanol–water partition coefficient (Wildman–Crippen LogP) is 3.61. The summed E-state index contributed by atoms with van der Waals surface area (Å²) in [4.78, 5) is 11.4. The maximum Gasteiger partial charge on any atom is 0.133 e. The Hall–Kier alpha value is -1.11. The third-order valence-electron chi connectivity index (χ3n) is 2.92. The quantitative estimate of drug-likeness (QED) is 0.716. The topological polar surface area (TPSA) is 17.1 Å². The maximum atomic E-state index is 11.4. The standard InChI is InChI=1S/C14H20O/c1-4-6-14(15)10-9-13-8-5-7-11(2)12(13)3/h5,7-8H,4,6,9-10H2,1-3H3. The maximum absolute atomic E-state index is 11.4. The molecule has 0 aliphatic rings. The molecule has 0 unspecified atom stereocenters. The summed E-state index contributed by atoms with van der Waals surface area (Å²) in [5.74, 6) is 0.387. The van der Waals surface area contributed by atoms with E-state index in [1.165, 1.54) is 16.7 Å². The smallest absolute Gasteiger partial charge is 0.133 e. The van der Waals surface area contributed by atoms with Gasteiger partial charge in [0.2, 0.25) is 0 Å². The Morgan fingerprint density at radius 2 is 1.93 bits per heavy atom. The number of ketones is 1. The van der Waals surface area contributed by atoms with Crippen LogP contribution in [0.3, 0.4) is 0 Å². The van der Waals surface area contributed by atoms with Gasteiger partial charge in [0.15, 0.2) is 0 Å². The first kappa shape index (κ1) is 12.0. The highest BCUT2D eigenvalue weighted by atomic mass is 16.1. The molecule has 1 heteroatoms. The van der Waals surface area contributed by atoms with Crippen LogP contribution >= 0.6 is 0 Å². The van der Waals surface area contributed by atoms with E-state index in [1.807, 2.05) is 0 Å². The van der Waals surface area contributed by atoms with Gasteiger partial charge in [0.25, 0.3) is 0 Å². The summed E-state index contributed by atoms with van der Waals surface area (Å²) >= 11 is 0. The van der Waals surface area contributed by atoms with E-state index in [2.05, 4.69) is 39.0 Å². The van der Waals surface area contributed by atoms with Crippen molar-refractivity contribution in [3.05, 3.63) is 34.9 Å². The van der Waals surface area contributed by atoms with Gasteiger partial charge in [-0.3, -0.25) is 4.79 Å². The van der Waals surface area contributed by atoms with Crippen LogP contribution in [0.5, 0.6) is 0 Å². The molecule has 0 saturated carbocycles. The lowest BCUT2D eigenvalue weighted by atomic mass is 9.98. The number of aryl methyl sites for hydroxylation is 2. The molecule has 0 fully saturated rings. The molecule has 0 amide bonds. The third-order valence-corrected chi connectivity index (χ3v) is 2.92. The van der Waals surface area contributed by atoms with E-state index in [9.17, 15) is 4.79 Å². The van der Waals surface area contributed by atoms with Gasteiger partial charge in [0.1, 0.15) is 5.78 Å². The summed E-state index contributed by atoms with van der Waals surface area (Å²) in [5, 5.41) is 0. The molecule has 0 radical (unpaired) electrons. The van der Waals surface area contributed by atoms with Crippen molar-refractivity contribution < 1.29 is 4.79 Å². The van der Waals surface area contributed by atoms with Crippen LogP contribution in [0.1, 0.15) is 42.9 Å². The van der Waals surface area contributed by atoms with Crippen LogP contribution in [0.2, 0.25) is 0 Å². The van der Waals surface area contributed by atoms with Gasteiger partial charge >= 0.3 is 0 Å². The minimum absolute atomic E-state index is 0.387. The molecule has 0 N–H and O–H groups in total. The van der Waals surface area contributed by atoms with Crippen molar-refractivity contribution in [2.45, 2.75) is 46.5 Å². The van der Waals surface area contributed by atoms with Gasteiger partial charge in [-0.05, 0) is 43.4 Å². The molecule has 15 heavy (non-hydrogen) atoms. The van der Waals surface area contributed by atoms with Crippen LogP contribution in [0.4, 0.5) is 0 Å². The van der Waals surface area contributed by atoms with Gasteiger partial charge < -0.3 is 0 Å². The van der Waals surface area contributed by atoms with Crippen LogP contribution in [-0.2, 0) is 11.2 Å². The zero-order valence-electron chi connectivity index (χ0n) is 9.97. The molecule has 1 rings (SSSR count). The van der Waals surface area contributed by atoms with Crippen molar-refractivity contribution >= 4 is 5.78 Å². The summed E-state index contributed by atoms with van der Waals surface area (Å²) in [7, 11) is 0. The van der Waals surface area contributed by atoms with Gasteiger partial charge in [0.05, 0.1) is 0 Å². The summed E-state index contributed by atoms with van der Waals surface area (Å²) in [6.45, 7) is 6.30. The lowest BCUT2D eigenvalue weighted by molar-refractivity contribution is -0.119. The van der Waals surface area contributed by atoms with E-state index >= 15 is 0 Å². The molecule has 0 bridgehead atoms. The number of hydrogen-bond donors (Lipinski definition) is 0. The highest BCUT2D eigenvalue weighted by Crippen LogP contribution is 2.14. The molecule has 0 saturated heterocycles. The zero-order valence-corrected chi connectivity index (χ0v) is 9.97. The Bertz CT molecular complexity index is 339. The fourth-order valence-electron chi connectivity index (χ4n) is 1.76. The zero-order chi connectivity index (χ0) is 11.3. The predicted molar refractivity (Wildman–Crippen MR) is 64.2 cm³/mol. The van der Waals surface area contributed by atoms with Crippen molar-refractivity contribution in [2.75, 3.05) is 0 Å². The fraction of sp³-hybridized carbons (Fsp3) is 0.500.